The van der Waals surface area contributed by atoms with Gasteiger partial charge in [-0.2, -0.15) is 0 Å². The van der Waals surface area contributed by atoms with Crippen molar-refractivity contribution in [3.63, 3.8) is 0 Å². The van der Waals surface area contributed by atoms with Crippen LogP contribution in [-0.4, -0.2) is 54.8 Å². The molecular weight excluding hydrogens is 390 g/mol. The van der Waals surface area contributed by atoms with Crippen molar-refractivity contribution in [1.29, 1.82) is 0 Å². The normalized spacial score (nSPS) is 16.0. The molecule has 31 heavy (non-hydrogen) atoms. The first kappa shape index (κ1) is 21.2. The van der Waals surface area contributed by atoms with Crippen LogP contribution in [0.1, 0.15) is 38.3 Å². The highest BCUT2D eigenvalue weighted by molar-refractivity contribution is 6.04. The van der Waals surface area contributed by atoms with E-state index in [1.165, 1.54) is 0 Å². The number of ether oxygens (including phenoxy) is 2. The zero-order chi connectivity index (χ0) is 22.2. The van der Waals surface area contributed by atoms with Crippen molar-refractivity contribution in [2.75, 3.05) is 33.3 Å². The van der Waals surface area contributed by atoms with E-state index in [4.69, 9.17) is 14.5 Å². The third-order valence-electron chi connectivity index (χ3n) is 5.60. The molecule has 0 unspecified atom stereocenters. The number of aliphatic imine (C=N–C) groups is 1. The average Bonchev–Trinajstić information content (AvgIpc) is 2.88. The molecule has 2 aromatic rings. The Labute approximate surface area is 184 Å². The summed E-state index contributed by atoms with van der Waals surface area (Å²) < 4.78 is 11.7. The predicted molar refractivity (Wildman–Crippen MR) is 123 cm³/mol. The number of rotatable bonds is 2. The summed E-state index contributed by atoms with van der Waals surface area (Å²) in [4.78, 5) is 21.9. The summed E-state index contributed by atoms with van der Waals surface area (Å²) in [5.41, 5.74) is 2.83. The van der Waals surface area contributed by atoms with Gasteiger partial charge in [0, 0.05) is 32.6 Å². The summed E-state index contributed by atoms with van der Waals surface area (Å²) in [6.45, 7) is 11.2. The molecule has 0 saturated carbocycles. The molecular formula is C25H31N3O3. The Morgan fingerprint density at radius 3 is 2.48 bits per heavy atom. The van der Waals surface area contributed by atoms with E-state index in [1.54, 1.807) is 7.11 Å². The zero-order valence-corrected chi connectivity index (χ0v) is 19.1. The number of hydrogen-bond acceptors (Lipinski definition) is 5. The zero-order valence-electron chi connectivity index (χ0n) is 19.1. The molecule has 0 radical (unpaired) electrons. The van der Waals surface area contributed by atoms with Crippen molar-refractivity contribution >= 4 is 17.4 Å². The minimum absolute atomic E-state index is 0.00569. The lowest BCUT2D eigenvalue weighted by Crippen LogP contribution is -2.51. The minimum atomic E-state index is -0.00569. The van der Waals surface area contributed by atoms with Crippen LogP contribution in [0.3, 0.4) is 0 Å². The molecule has 1 fully saturated rings. The van der Waals surface area contributed by atoms with Crippen LogP contribution in [0.4, 0.5) is 5.69 Å². The highest BCUT2D eigenvalue weighted by Crippen LogP contribution is 2.40. The van der Waals surface area contributed by atoms with Crippen LogP contribution in [0.5, 0.6) is 17.2 Å². The SMILES string of the molecule is COc1ccc2c(c1)C(N1CCN(C(=O)CC(C)(C)C)CC1)=Nc1ccc(C)cc1O2. The van der Waals surface area contributed by atoms with E-state index in [-0.39, 0.29) is 11.3 Å². The van der Waals surface area contributed by atoms with Gasteiger partial charge in [-0.05, 0) is 48.2 Å². The Hall–Kier alpha value is -3.02. The number of methoxy groups -OCH3 is 1. The fourth-order valence-corrected chi connectivity index (χ4v) is 3.96. The molecule has 2 aliphatic rings. The first-order valence-corrected chi connectivity index (χ1v) is 10.8. The van der Waals surface area contributed by atoms with Gasteiger partial charge in [-0.1, -0.05) is 26.8 Å². The van der Waals surface area contributed by atoms with E-state index in [9.17, 15) is 4.79 Å². The molecule has 0 spiro atoms. The average molecular weight is 422 g/mol. The second-order valence-electron chi connectivity index (χ2n) is 9.48. The van der Waals surface area contributed by atoms with Gasteiger partial charge in [-0.25, -0.2) is 4.99 Å². The number of hydrogen-bond donors (Lipinski definition) is 0. The maximum Gasteiger partial charge on any atom is 0.223 e. The first-order valence-electron chi connectivity index (χ1n) is 10.8. The minimum Gasteiger partial charge on any atom is -0.497 e. The smallest absolute Gasteiger partial charge is 0.223 e. The summed E-state index contributed by atoms with van der Waals surface area (Å²) in [6, 6.07) is 11.9. The van der Waals surface area contributed by atoms with Gasteiger partial charge in [0.05, 0.1) is 12.7 Å². The number of benzene rings is 2. The van der Waals surface area contributed by atoms with Gasteiger partial charge in [0.25, 0.3) is 0 Å². The number of carbonyl (C=O) groups excluding carboxylic acids is 1. The van der Waals surface area contributed by atoms with Crippen molar-refractivity contribution in [3.8, 4) is 17.2 Å². The van der Waals surface area contributed by atoms with Gasteiger partial charge in [-0.15, -0.1) is 0 Å². The molecule has 4 rings (SSSR count). The van der Waals surface area contributed by atoms with Crippen molar-refractivity contribution in [2.24, 2.45) is 10.4 Å². The number of aryl methyl sites for hydroxylation is 1. The molecule has 0 aliphatic carbocycles. The maximum atomic E-state index is 12.7. The van der Waals surface area contributed by atoms with Gasteiger partial charge >= 0.3 is 0 Å². The first-order chi connectivity index (χ1) is 14.7. The fourth-order valence-electron chi connectivity index (χ4n) is 3.96. The molecule has 1 saturated heterocycles. The van der Waals surface area contributed by atoms with Crippen molar-refractivity contribution in [3.05, 3.63) is 47.5 Å². The molecule has 1 amide bonds. The van der Waals surface area contributed by atoms with Crippen LogP contribution >= 0.6 is 0 Å². The number of carbonyl (C=O) groups is 1. The molecule has 0 N–H and O–H groups in total. The van der Waals surface area contributed by atoms with E-state index < -0.39 is 0 Å². The van der Waals surface area contributed by atoms with Gasteiger partial charge in [0.15, 0.2) is 5.75 Å². The summed E-state index contributed by atoms with van der Waals surface area (Å²) in [5, 5.41) is 0. The Balaban J connectivity index is 1.64. The van der Waals surface area contributed by atoms with Crippen LogP contribution in [0.25, 0.3) is 0 Å². The van der Waals surface area contributed by atoms with Gasteiger partial charge in [0.2, 0.25) is 5.91 Å². The Morgan fingerprint density at radius 1 is 1.06 bits per heavy atom. The van der Waals surface area contributed by atoms with Gasteiger partial charge < -0.3 is 19.3 Å². The second-order valence-corrected chi connectivity index (χ2v) is 9.48. The number of amidine groups is 1. The topological polar surface area (TPSA) is 54.4 Å². The molecule has 2 aliphatic heterocycles. The van der Waals surface area contributed by atoms with Crippen molar-refractivity contribution in [2.45, 2.75) is 34.1 Å². The molecule has 2 aromatic carbocycles. The lowest BCUT2D eigenvalue weighted by atomic mass is 9.91. The molecule has 164 valence electrons. The molecule has 2 heterocycles. The lowest BCUT2D eigenvalue weighted by molar-refractivity contribution is -0.134. The third kappa shape index (κ3) is 4.68. The lowest BCUT2D eigenvalue weighted by Gasteiger charge is -2.37. The molecule has 6 nitrogen and oxygen atoms in total. The van der Waals surface area contributed by atoms with E-state index in [0.29, 0.717) is 19.5 Å². The maximum absolute atomic E-state index is 12.7. The summed E-state index contributed by atoms with van der Waals surface area (Å²) >= 11 is 0. The molecule has 0 atom stereocenters. The highest BCUT2D eigenvalue weighted by Gasteiger charge is 2.29. The molecule has 0 bridgehead atoms. The van der Waals surface area contributed by atoms with Gasteiger partial charge in [-0.3, -0.25) is 4.79 Å². The van der Waals surface area contributed by atoms with Crippen LogP contribution in [0.15, 0.2) is 41.4 Å². The number of fused-ring (bicyclic) bond motifs is 2. The standard InChI is InChI=1S/C25H31N3O3/c1-17-6-8-20-22(14-17)31-21-9-7-18(30-5)15-19(21)24(26-20)28-12-10-27(11-13-28)23(29)16-25(2,3)4/h6-9,14-15H,10-13,16H2,1-5H3. The van der Waals surface area contributed by atoms with E-state index in [1.807, 2.05) is 48.2 Å². The largest absolute Gasteiger partial charge is 0.497 e. The van der Waals surface area contributed by atoms with E-state index >= 15 is 0 Å². The van der Waals surface area contributed by atoms with Crippen molar-refractivity contribution in [1.82, 2.24) is 9.80 Å². The monoisotopic (exact) mass is 421 g/mol. The summed E-state index contributed by atoms with van der Waals surface area (Å²) in [7, 11) is 1.66. The van der Waals surface area contributed by atoms with E-state index in [2.05, 4.69) is 25.7 Å². The Kier molecular flexibility index (Phi) is 5.65. The van der Waals surface area contributed by atoms with Crippen LogP contribution in [0, 0.1) is 12.3 Å². The Morgan fingerprint density at radius 2 is 1.81 bits per heavy atom. The summed E-state index contributed by atoms with van der Waals surface area (Å²) in [6.07, 6.45) is 0.564. The van der Waals surface area contributed by atoms with Crippen molar-refractivity contribution < 1.29 is 14.3 Å². The van der Waals surface area contributed by atoms with E-state index in [0.717, 1.165) is 53.0 Å². The summed E-state index contributed by atoms with van der Waals surface area (Å²) in [5.74, 6) is 3.35. The van der Waals surface area contributed by atoms with Crippen LogP contribution in [-0.2, 0) is 4.79 Å². The number of piperazine rings is 1. The van der Waals surface area contributed by atoms with Gasteiger partial charge in [0.1, 0.15) is 23.0 Å². The fraction of sp³-hybridized carbons (Fsp3) is 0.440. The number of amides is 1. The highest BCUT2D eigenvalue weighted by atomic mass is 16.5. The predicted octanol–water partition coefficient (Wildman–Crippen LogP) is 4.77. The third-order valence-corrected chi connectivity index (χ3v) is 5.60. The molecule has 6 heteroatoms. The van der Waals surface area contributed by atoms with Crippen LogP contribution < -0.4 is 9.47 Å². The quantitative estimate of drug-likeness (QED) is 0.701. The van der Waals surface area contributed by atoms with Crippen LogP contribution in [0.2, 0.25) is 0 Å². The molecule has 0 aromatic heterocycles. The second kappa shape index (κ2) is 8.25. The Bertz CT molecular complexity index is 1020. The number of nitrogens with zero attached hydrogens (tertiary/aromatic N) is 3.